The van der Waals surface area contributed by atoms with Gasteiger partial charge in [0, 0.05) is 10.6 Å². The Morgan fingerprint density at radius 1 is 0.933 bits per heavy atom. The molecule has 2 rings (SSSR count). The lowest BCUT2D eigenvalue weighted by atomic mass is 10.4. The maximum atomic E-state index is 10.9. The fourth-order valence-corrected chi connectivity index (χ4v) is 3.03. The van der Waals surface area contributed by atoms with Crippen LogP contribution in [-0.2, 0) is 47.5 Å². The third-order valence-corrected chi connectivity index (χ3v) is 5.03. The molecule has 0 radical (unpaired) electrons. The zero-order chi connectivity index (χ0) is 23.0. The molecule has 0 spiro atoms. The van der Waals surface area contributed by atoms with Crippen molar-refractivity contribution in [3.63, 3.8) is 0 Å². The highest BCUT2D eigenvalue weighted by Crippen LogP contribution is 2.07. The number of rotatable bonds is 7. The van der Waals surface area contributed by atoms with E-state index in [2.05, 4.69) is 24.2 Å². The zero-order valence-corrected chi connectivity index (χ0v) is 17.8. The Hall–Kier alpha value is -2.66. The van der Waals surface area contributed by atoms with Gasteiger partial charge in [-0.25, -0.2) is 37.1 Å². The smallest absolute Gasteiger partial charge is 0.264 e. The highest BCUT2D eigenvalue weighted by atomic mass is 32.2. The molecular weight excluding hydrogens is 462 g/mol. The number of hydrogen-bond acceptors (Lipinski definition) is 10. The second-order valence-electron chi connectivity index (χ2n) is 5.38. The molecule has 164 valence electrons. The predicted molar refractivity (Wildman–Crippen MR) is 104 cm³/mol. The molecule has 2 aromatic rings. The first-order chi connectivity index (χ1) is 13.7. The molecule has 0 unspecified atom stereocenters. The van der Waals surface area contributed by atoms with E-state index in [-0.39, 0.29) is 28.9 Å². The first kappa shape index (κ1) is 25.4. The van der Waals surface area contributed by atoms with E-state index >= 15 is 0 Å². The number of sulfonamides is 2. The van der Waals surface area contributed by atoms with Crippen LogP contribution in [0.3, 0.4) is 0 Å². The third kappa shape index (κ3) is 9.70. The normalized spacial score (nSPS) is 11.7. The van der Waals surface area contributed by atoms with Crippen molar-refractivity contribution in [1.82, 2.24) is 9.97 Å². The third-order valence-electron chi connectivity index (χ3n) is 2.86. The van der Waals surface area contributed by atoms with Crippen LogP contribution in [0.5, 0.6) is 0 Å². The van der Waals surface area contributed by atoms with Crippen LogP contribution in [0.15, 0.2) is 51.6 Å². The summed E-state index contributed by atoms with van der Waals surface area (Å²) in [4.78, 5) is 9.88. The Bertz CT molecular complexity index is 1260. The lowest BCUT2D eigenvalue weighted by molar-refractivity contribution is 0.306. The minimum atomic E-state index is -3.90. The standard InChI is InChI=1S/C7H10N2O5S2.C6H7N5O2S/c1-15(10,11)14-5-6-3-2-4-7(9-6)16(8,12)13;7-11-9-4-5-2-1-3-6(10-5)14(8,12)13/h2-4H,5H2,1H3,(H2,8,12,13);1-3H,4H2,(H2,8,12,13). The summed E-state index contributed by atoms with van der Waals surface area (Å²) in [7, 11) is -11.3. The first-order valence-electron chi connectivity index (χ1n) is 7.55. The van der Waals surface area contributed by atoms with Crippen LogP contribution < -0.4 is 10.3 Å². The average molecular weight is 480 g/mol. The summed E-state index contributed by atoms with van der Waals surface area (Å²) in [5.41, 5.74) is 8.56. The molecule has 0 atom stereocenters. The maximum Gasteiger partial charge on any atom is 0.264 e. The predicted octanol–water partition coefficient (Wildman–Crippen LogP) is -0.255. The van der Waals surface area contributed by atoms with Crippen molar-refractivity contribution in [2.24, 2.45) is 15.4 Å². The zero-order valence-electron chi connectivity index (χ0n) is 15.4. The van der Waals surface area contributed by atoms with Crippen LogP contribution in [0, 0.1) is 0 Å². The summed E-state index contributed by atoms with van der Waals surface area (Å²) in [5.74, 6) is 0. The van der Waals surface area contributed by atoms with E-state index < -0.39 is 30.2 Å². The molecule has 0 aliphatic carbocycles. The molecule has 0 aliphatic heterocycles. The largest absolute Gasteiger partial charge is 0.264 e. The van der Waals surface area contributed by atoms with Crippen LogP contribution in [-0.4, -0.2) is 41.5 Å². The van der Waals surface area contributed by atoms with Gasteiger partial charge in [0.05, 0.1) is 18.5 Å². The Balaban J connectivity index is 0.000000303. The van der Waals surface area contributed by atoms with Crippen molar-refractivity contribution in [2.75, 3.05) is 6.26 Å². The summed E-state index contributed by atoms with van der Waals surface area (Å²) in [6.45, 7) is -0.331. The molecular formula is C13H17N7O7S3. The van der Waals surface area contributed by atoms with Gasteiger partial charge in [-0.3, -0.25) is 4.18 Å². The van der Waals surface area contributed by atoms with Gasteiger partial charge in [0.25, 0.3) is 30.2 Å². The molecule has 30 heavy (non-hydrogen) atoms. The van der Waals surface area contributed by atoms with Gasteiger partial charge in [-0.1, -0.05) is 17.2 Å². The number of hydrogen-bond donors (Lipinski definition) is 2. The van der Waals surface area contributed by atoms with Crippen LogP contribution in [0.4, 0.5) is 0 Å². The van der Waals surface area contributed by atoms with E-state index in [1.807, 2.05) is 0 Å². The Morgan fingerprint density at radius 2 is 1.40 bits per heavy atom. The molecule has 4 N–H and O–H groups in total. The second kappa shape index (κ2) is 10.4. The van der Waals surface area contributed by atoms with Crippen molar-refractivity contribution in [1.29, 1.82) is 0 Å². The van der Waals surface area contributed by atoms with Crippen molar-refractivity contribution in [3.05, 3.63) is 58.2 Å². The number of pyridine rings is 2. The molecule has 14 nitrogen and oxygen atoms in total. The molecule has 0 bridgehead atoms. The molecule has 0 amide bonds. The van der Waals surface area contributed by atoms with Gasteiger partial charge in [-0.05, 0) is 29.8 Å². The number of nitrogens with zero attached hydrogens (tertiary/aromatic N) is 5. The molecule has 0 saturated carbocycles. The molecule has 0 aromatic carbocycles. The lowest BCUT2D eigenvalue weighted by Gasteiger charge is -2.02. The quantitative estimate of drug-likeness (QED) is 0.230. The number of primary sulfonamides is 2. The van der Waals surface area contributed by atoms with Gasteiger partial charge in [-0.15, -0.1) is 0 Å². The van der Waals surface area contributed by atoms with E-state index in [1.165, 1.54) is 30.3 Å². The number of aromatic nitrogens is 2. The van der Waals surface area contributed by atoms with E-state index in [9.17, 15) is 25.3 Å². The minimum absolute atomic E-state index is 0.000139. The summed E-state index contributed by atoms with van der Waals surface area (Å²) < 4.78 is 69.5. The molecule has 0 fully saturated rings. The maximum absolute atomic E-state index is 10.9. The number of nitrogens with two attached hydrogens (primary N) is 2. The van der Waals surface area contributed by atoms with Crippen molar-refractivity contribution < 1.29 is 29.4 Å². The SMILES string of the molecule is CS(=O)(=O)OCc1cccc(S(N)(=O)=O)n1.[N-]=[N+]=NCc1cccc(S(N)(=O)=O)n1. The Morgan fingerprint density at radius 3 is 1.83 bits per heavy atom. The summed E-state index contributed by atoms with van der Waals surface area (Å²) in [5, 5.41) is 12.4. The highest BCUT2D eigenvalue weighted by molar-refractivity contribution is 7.89. The Kier molecular flexibility index (Phi) is 8.79. The van der Waals surface area contributed by atoms with Crippen LogP contribution in [0.1, 0.15) is 11.4 Å². The molecule has 2 aromatic heterocycles. The minimum Gasteiger partial charge on any atom is -0.264 e. The second-order valence-corrected chi connectivity index (χ2v) is 10.0. The van der Waals surface area contributed by atoms with E-state index in [4.69, 9.17) is 15.8 Å². The lowest BCUT2D eigenvalue weighted by Crippen LogP contribution is -2.15. The molecule has 2 heterocycles. The van der Waals surface area contributed by atoms with Crippen LogP contribution in [0.25, 0.3) is 10.4 Å². The van der Waals surface area contributed by atoms with Crippen molar-refractivity contribution in [3.8, 4) is 0 Å². The monoisotopic (exact) mass is 479 g/mol. The van der Waals surface area contributed by atoms with Crippen molar-refractivity contribution >= 4 is 30.2 Å². The van der Waals surface area contributed by atoms with E-state index in [0.29, 0.717) is 5.69 Å². The fraction of sp³-hybridized carbons (Fsp3) is 0.231. The van der Waals surface area contributed by atoms with E-state index in [0.717, 1.165) is 6.26 Å². The van der Waals surface area contributed by atoms with Gasteiger partial charge in [-0.2, -0.15) is 8.42 Å². The molecule has 0 saturated heterocycles. The van der Waals surface area contributed by atoms with Gasteiger partial charge < -0.3 is 0 Å². The molecule has 0 aliphatic rings. The first-order valence-corrected chi connectivity index (χ1v) is 12.5. The summed E-state index contributed by atoms with van der Waals surface area (Å²) in [6, 6.07) is 8.33. The fourth-order valence-electron chi connectivity index (χ4n) is 1.67. The van der Waals surface area contributed by atoms with E-state index in [1.54, 1.807) is 6.07 Å². The van der Waals surface area contributed by atoms with Gasteiger partial charge >= 0.3 is 0 Å². The van der Waals surface area contributed by atoms with Gasteiger partial charge in [0.1, 0.15) is 6.61 Å². The van der Waals surface area contributed by atoms with Crippen molar-refractivity contribution in [2.45, 2.75) is 23.2 Å². The number of azide groups is 1. The van der Waals surface area contributed by atoms with Crippen LogP contribution in [0.2, 0.25) is 0 Å². The average Bonchev–Trinajstić information content (AvgIpc) is 2.64. The summed E-state index contributed by atoms with van der Waals surface area (Å²) in [6.07, 6.45) is 0.885. The van der Waals surface area contributed by atoms with Gasteiger partial charge in [0.15, 0.2) is 10.1 Å². The van der Waals surface area contributed by atoms with Gasteiger partial charge in [0.2, 0.25) is 0 Å². The Labute approximate surface area is 172 Å². The molecule has 17 heteroatoms. The topological polar surface area (TPSA) is 238 Å². The summed E-state index contributed by atoms with van der Waals surface area (Å²) >= 11 is 0. The van der Waals surface area contributed by atoms with Crippen LogP contribution >= 0.6 is 0 Å². The highest BCUT2D eigenvalue weighted by Gasteiger charge is 2.11.